The average molecular weight is 246 g/mol. The van der Waals surface area contributed by atoms with Crippen molar-refractivity contribution in [1.29, 1.82) is 0 Å². The lowest BCUT2D eigenvalue weighted by atomic mass is 10.3. The Hall–Kier alpha value is -2.07. The minimum absolute atomic E-state index is 0.580. The molecule has 0 amide bonds. The number of hydrogen-bond acceptors (Lipinski definition) is 3. The van der Waals surface area contributed by atoms with E-state index < -0.39 is 0 Å². The third-order valence-corrected chi connectivity index (χ3v) is 2.64. The average Bonchev–Trinajstić information content (AvgIpc) is 2.79. The molecule has 0 radical (unpaired) electrons. The van der Waals surface area contributed by atoms with Gasteiger partial charge in [-0.25, -0.2) is 0 Å². The molecule has 3 rings (SSSR count). The molecular weight excluding hydrogens is 238 g/mol. The number of para-hydroxylation sites is 1. The lowest BCUT2D eigenvalue weighted by Crippen LogP contribution is -1.88. The molecule has 0 spiro atoms. The summed E-state index contributed by atoms with van der Waals surface area (Å²) < 4.78 is 7.46. The Bertz CT molecular complexity index is 665. The van der Waals surface area contributed by atoms with Gasteiger partial charge in [-0.2, -0.15) is 0 Å². The van der Waals surface area contributed by atoms with Crippen LogP contribution in [0.25, 0.3) is 5.65 Å². The summed E-state index contributed by atoms with van der Waals surface area (Å²) in [5, 5.41) is 8.29. The highest BCUT2D eigenvalue weighted by Crippen LogP contribution is 2.28. The Morgan fingerprint density at radius 3 is 2.88 bits per heavy atom. The number of hydrogen-bond donors (Lipinski definition) is 0. The Kier molecular flexibility index (Phi) is 2.42. The fraction of sp³-hybridized carbons (Fsp3) is 0. The first-order valence-corrected chi connectivity index (χ1v) is 5.42. The van der Waals surface area contributed by atoms with Crippen LogP contribution in [0.15, 0.2) is 48.9 Å². The molecule has 5 heteroatoms. The molecule has 84 valence electrons. The number of rotatable bonds is 2. The van der Waals surface area contributed by atoms with Crippen LogP contribution in [-0.2, 0) is 0 Å². The molecule has 1 aromatic carbocycles. The van der Waals surface area contributed by atoms with E-state index in [1.54, 1.807) is 23.0 Å². The maximum absolute atomic E-state index is 6.01. The van der Waals surface area contributed by atoms with E-state index in [0.717, 1.165) is 5.65 Å². The fourth-order valence-corrected chi connectivity index (χ4v) is 1.70. The third-order valence-electron chi connectivity index (χ3n) is 2.33. The molecule has 0 aliphatic heterocycles. The third kappa shape index (κ3) is 1.94. The van der Waals surface area contributed by atoms with Gasteiger partial charge in [0, 0.05) is 0 Å². The lowest BCUT2D eigenvalue weighted by Gasteiger charge is -2.07. The molecule has 17 heavy (non-hydrogen) atoms. The molecule has 0 N–H and O–H groups in total. The minimum Gasteiger partial charge on any atom is -0.454 e. The van der Waals surface area contributed by atoms with Crippen LogP contribution < -0.4 is 4.74 Å². The molecule has 3 aromatic rings. The zero-order valence-corrected chi connectivity index (χ0v) is 9.50. The Balaban J connectivity index is 1.97. The summed E-state index contributed by atoms with van der Waals surface area (Å²) in [7, 11) is 0. The summed E-state index contributed by atoms with van der Waals surface area (Å²) >= 11 is 6.01. The van der Waals surface area contributed by atoms with Crippen molar-refractivity contribution >= 4 is 17.2 Å². The summed E-state index contributed by atoms with van der Waals surface area (Å²) in [6, 6.07) is 11.0. The number of aromatic nitrogens is 3. The Morgan fingerprint density at radius 1 is 1.12 bits per heavy atom. The lowest BCUT2D eigenvalue weighted by molar-refractivity contribution is 0.480. The molecule has 2 heterocycles. The van der Waals surface area contributed by atoms with Crippen molar-refractivity contribution in [2.75, 3.05) is 0 Å². The first kappa shape index (κ1) is 10.1. The zero-order chi connectivity index (χ0) is 11.7. The molecule has 4 nitrogen and oxygen atoms in total. The van der Waals surface area contributed by atoms with Crippen LogP contribution in [0.5, 0.6) is 11.5 Å². The van der Waals surface area contributed by atoms with Gasteiger partial charge < -0.3 is 4.74 Å². The normalized spacial score (nSPS) is 10.6. The molecular formula is C12H8ClN3O. The second kappa shape index (κ2) is 4.07. The van der Waals surface area contributed by atoms with E-state index >= 15 is 0 Å². The summed E-state index contributed by atoms with van der Waals surface area (Å²) in [5.74, 6) is 1.31. The zero-order valence-electron chi connectivity index (χ0n) is 8.75. The molecule has 0 fully saturated rings. The molecule has 0 saturated heterocycles. The van der Waals surface area contributed by atoms with Crippen molar-refractivity contribution in [2.45, 2.75) is 0 Å². The highest BCUT2D eigenvalue weighted by molar-refractivity contribution is 6.32. The van der Waals surface area contributed by atoms with Crippen molar-refractivity contribution in [3.63, 3.8) is 0 Å². The minimum atomic E-state index is 0.580. The van der Waals surface area contributed by atoms with Crippen LogP contribution in [0.1, 0.15) is 0 Å². The Morgan fingerprint density at radius 2 is 2.00 bits per heavy atom. The van der Waals surface area contributed by atoms with Crippen LogP contribution >= 0.6 is 11.6 Å². The highest BCUT2D eigenvalue weighted by Gasteiger charge is 2.03. The van der Waals surface area contributed by atoms with E-state index in [2.05, 4.69) is 10.2 Å². The number of halogens is 1. The van der Waals surface area contributed by atoms with Gasteiger partial charge in [0.25, 0.3) is 0 Å². The van der Waals surface area contributed by atoms with Gasteiger partial charge >= 0.3 is 0 Å². The van der Waals surface area contributed by atoms with Crippen LogP contribution in [0.3, 0.4) is 0 Å². The summed E-state index contributed by atoms with van der Waals surface area (Å²) in [6.45, 7) is 0. The Labute approximate surface area is 102 Å². The van der Waals surface area contributed by atoms with E-state index in [1.165, 1.54) is 0 Å². The largest absolute Gasteiger partial charge is 0.454 e. The van der Waals surface area contributed by atoms with Gasteiger partial charge in [0.15, 0.2) is 5.65 Å². The summed E-state index contributed by atoms with van der Waals surface area (Å²) in [4.78, 5) is 0. The SMILES string of the molecule is Clc1ccccc1Oc1ccc2nncn2c1. The topological polar surface area (TPSA) is 39.4 Å². The number of benzene rings is 1. The standard InChI is InChI=1S/C12H8ClN3O/c13-10-3-1-2-4-11(10)17-9-5-6-12-15-14-8-16(12)7-9/h1-8H. The van der Waals surface area contributed by atoms with Gasteiger partial charge in [0.2, 0.25) is 0 Å². The van der Waals surface area contributed by atoms with Crippen molar-refractivity contribution in [3.8, 4) is 11.5 Å². The van der Waals surface area contributed by atoms with Gasteiger partial charge in [0.1, 0.15) is 17.8 Å². The molecule has 0 unspecified atom stereocenters. The van der Waals surface area contributed by atoms with Gasteiger partial charge in [0.05, 0.1) is 11.2 Å². The predicted molar refractivity (Wildman–Crippen MR) is 64.5 cm³/mol. The molecule has 0 aliphatic rings. The molecule has 2 aromatic heterocycles. The first-order chi connectivity index (χ1) is 8.33. The molecule has 0 atom stereocenters. The van der Waals surface area contributed by atoms with E-state index in [0.29, 0.717) is 16.5 Å². The van der Waals surface area contributed by atoms with Crippen molar-refractivity contribution in [1.82, 2.24) is 14.6 Å². The molecule has 0 bridgehead atoms. The quantitative estimate of drug-likeness (QED) is 0.696. The smallest absolute Gasteiger partial charge is 0.160 e. The number of ether oxygens (including phenoxy) is 1. The molecule has 0 aliphatic carbocycles. The summed E-state index contributed by atoms with van der Waals surface area (Å²) in [5.41, 5.74) is 0.775. The second-order valence-electron chi connectivity index (χ2n) is 3.49. The van der Waals surface area contributed by atoms with Crippen molar-refractivity contribution < 1.29 is 4.74 Å². The fourth-order valence-electron chi connectivity index (χ4n) is 1.52. The van der Waals surface area contributed by atoms with Crippen molar-refractivity contribution in [3.05, 3.63) is 53.9 Å². The monoisotopic (exact) mass is 245 g/mol. The van der Waals surface area contributed by atoms with E-state index in [1.807, 2.05) is 30.3 Å². The van der Waals surface area contributed by atoms with E-state index in [4.69, 9.17) is 16.3 Å². The van der Waals surface area contributed by atoms with Gasteiger partial charge in [-0.3, -0.25) is 4.40 Å². The second-order valence-corrected chi connectivity index (χ2v) is 3.90. The van der Waals surface area contributed by atoms with E-state index in [-0.39, 0.29) is 0 Å². The van der Waals surface area contributed by atoms with Crippen LogP contribution in [0.2, 0.25) is 5.02 Å². The molecule has 0 saturated carbocycles. The summed E-state index contributed by atoms with van der Waals surface area (Å²) in [6.07, 6.45) is 3.42. The van der Waals surface area contributed by atoms with Gasteiger partial charge in [-0.05, 0) is 24.3 Å². The number of pyridine rings is 1. The number of fused-ring (bicyclic) bond motifs is 1. The predicted octanol–water partition coefficient (Wildman–Crippen LogP) is 3.18. The van der Waals surface area contributed by atoms with Gasteiger partial charge in [-0.15, -0.1) is 10.2 Å². The van der Waals surface area contributed by atoms with Gasteiger partial charge in [-0.1, -0.05) is 23.7 Å². The van der Waals surface area contributed by atoms with E-state index in [9.17, 15) is 0 Å². The number of nitrogens with zero attached hydrogens (tertiary/aromatic N) is 3. The maximum atomic E-state index is 6.01. The van der Waals surface area contributed by atoms with Crippen LogP contribution in [-0.4, -0.2) is 14.6 Å². The van der Waals surface area contributed by atoms with Crippen LogP contribution in [0, 0.1) is 0 Å². The van der Waals surface area contributed by atoms with Crippen LogP contribution in [0.4, 0.5) is 0 Å². The first-order valence-electron chi connectivity index (χ1n) is 5.05. The van der Waals surface area contributed by atoms with Crippen molar-refractivity contribution in [2.24, 2.45) is 0 Å². The maximum Gasteiger partial charge on any atom is 0.160 e. The highest BCUT2D eigenvalue weighted by atomic mass is 35.5.